The van der Waals surface area contributed by atoms with E-state index in [-0.39, 0.29) is 0 Å². The largest absolute Gasteiger partial charge is 0.380 e. The summed E-state index contributed by atoms with van der Waals surface area (Å²) in [5.41, 5.74) is 2.09. The molecule has 0 amide bonds. The van der Waals surface area contributed by atoms with Crippen LogP contribution < -0.4 is 10.6 Å². The van der Waals surface area contributed by atoms with Crippen LogP contribution in [0.4, 0.5) is 5.69 Å². The Morgan fingerprint density at radius 3 is 3.10 bits per heavy atom. The summed E-state index contributed by atoms with van der Waals surface area (Å²) in [4.78, 5) is 4.39. The number of hydrogen-bond acceptors (Lipinski definition) is 3. The molecule has 0 spiro atoms. The second-order valence-electron chi connectivity index (χ2n) is 5.38. The molecule has 2 heterocycles. The van der Waals surface area contributed by atoms with E-state index in [1.807, 2.05) is 30.5 Å². The lowest BCUT2D eigenvalue weighted by Crippen LogP contribution is -2.39. The maximum Gasteiger partial charge on any atom is 0.0737 e. The fourth-order valence-electron chi connectivity index (χ4n) is 2.99. The highest BCUT2D eigenvalue weighted by Crippen LogP contribution is 2.26. The Bertz CT molecular complexity index is 593. The molecule has 2 unspecified atom stereocenters. The lowest BCUT2D eigenvalue weighted by Gasteiger charge is -2.25. The van der Waals surface area contributed by atoms with Crippen molar-refractivity contribution < 1.29 is 0 Å². The lowest BCUT2D eigenvalue weighted by atomic mass is 10.0. The van der Waals surface area contributed by atoms with Gasteiger partial charge in [-0.2, -0.15) is 0 Å². The SMILES string of the molecule is CCC(Nc1ccnc2cc(Cl)ccc12)C1CCCN1. The third-order valence-electron chi connectivity index (χ3n) is 4.07. The van der Waals surface area contributed by atoms with Gasteiger partial charge in [0.15, 0.2) is 0 Å². The molecule has 0 bridgehead atoms. The number of nitrogens with one attached hydrogen (secondary N) is 2. The van der Waals surface area contributed by atoms with E-state index in [4.69, 9.17) is 11.6 Å². The van der Waals surface area contributed by atoms with Crippen molar-refractivity contribution in [3.63, 3.8) is 0 Å². The van der Waals surface area contributed by atoms with Crippen molar-refractivity contribution in [3.8, 4) is 0 Å². The van der Waals surface area contributed by atoms with Gasteiger partial charge in [-0.15, -0.1) is 0 Å². The molecular weight excluding hydrogens is 270 g/mol. The average molecular weight is 290 g/mol. The van der Waals surface area contributed by atoms with E-state index < -0.39 is 0 Å². The zero-order valence-electron chi connectivity index (χ0n) is 11.7. The molecular formula is C16H20ClN3. The maximum absolute atomic E-state index is 6.04. The highest BCUT2D eigenvalue weighted by Gasteiger charge is 2.23. The molecule has 4 heteroatoms. The minimum Gasteiger partial charge on any atom is -0.380 e. The molecule has 1 aromatic heterocycles. The fraction of sp³-hybridized carbons (Fsp3) is 0.438. The van der Waals surface area contributed by atoms with E-state index in [0.29, 0.717) is 12.1 Å². The second-order valence-corrected chi connectivity index (χ2v) is 5.82. The van der Waals surface area contributed by atoms with Crippen molar-refractivity contribution in [2.45, 2.75) is 38.3 Å². The van der Waals surface area contributed by atoms with Gasteiger partial charge in [0.05, 0.1) is 5.52 Å². The Morgan fingerprint density at radius 2 is 2.35 bits per heavy atom. The molecule has 1 fully saturated rings. The normalized spacial score (nSPS) is 20.2. The van der Waals surface area contributed by atoms with E-state index >= 15 is 0 Å². The van der Waals surface area contributed by atoms with Crippen molar-refractivity contribution in [1.29, 1.82) is 0 Å². The number of halogens is 1. The van der Waals surface area contributed by atoms with Crippen LogP contribution in [-0.2, 0) is 0 Å². The van der Waals surface area contributed by atoms with Crippen LogP contribution >= 0.6 is 11.6 Å². The summed E-state index contributed by atoms with van der Waals surface area (Å²) < 4.78 is 0. The van der Waals surface area contributed by atoms with E-state index in [1.54, 1.807) is 0 Å². The standard InChI is InChI=1S/C16H20ClN3/c1-2-13(15-4-3-8-18-15)20-14-7-9-19-16-10-11(17)5-6-12(14)16/h5-7,9-10,13,15,18H,2-4,8H2,1H3,(H,19,20). The third-order valence-corrected chi connectivity index (χ3v) is 4.30. The summed E-state index contributed by atoms with van der Waals surface area (Å²) in [5.74, 6) is 0. The molecule has 0 saturated carbocycles. The molecule has 2 aromatic rings. The van der Waals surface area contributed by atoms with Gasteiger partial charge in [0.2, 0.25) is 0 Å². The predicted octanol–water partition coefficient (Wildman–Crippen LogP) is 3.83. The van der Waals surface area contributed by atoms with Gasteiger partial charge in [-0.25, -0.2) is 0 Å². The minimum atomic E-state index is 0.457. The molecule has 2 atom stereocenters. The number of nitrogens with zero attached hydrogens (tertiary/aromatic N) is 1. The Morgan fingerprint density at radius 1 is 1.45 bits per heavy atom. The van der Waals surface area contributed by atoms with Gasteiger partial charge < -0.3 is 10.6 Å². The van der Waals surface area contributed by atoms with Gasteiger partial charge in [0.1, 0.15) is 0 Å². The monoisotopic (exact) mass is 289 g/mol. The minimum absolute atomic E-state index is 0.457. The van der Waals surface area contributed by atoms with Crippen LogP contribution in [0.2, 0.25) is 5.02 Å². The van der Waals surface area contributed by atoms with Crippen LogP contribution in [0.1, 0.15) is 26.2 Å². The van der Waals surface area contributed by atoms with Crippen LogP contribution in [0.5, 0.6) is 0 Å². The van der Waals surface area contributed by atoms with Gasteiger partial charge >= 0.3 is 0 Å². The Hall–Kier alpha value is -1.32. The highest BCUT2D eigenvalue weighted by molar-refractivity contribution is 6.31. The third kappa shape index (κ3) is 2.74. The van der Waals surface area contributed by atoms with Gasteiger partial charge in [0, 0.05) is 34.4 Å². The molecule has 3 nitrogen and oxygen atoms in total. The molecule has 1 saturated heterocycles. The smallest absolute Gasteiger partial charge is 0.0737 e. The van der Waals surface area contributed by atoms with E-state index in [0.717, 1.165) is 34.6 Å². The van der Waals surface area contributed by atoms with Crippen LogP contribution in [0.15, 0.2) is 30.5 Å². The summed E-state index contributed by atoms with van der Waals surface area (Å²) in [6, 6.07) is 8.95. The number of aromatic nitrogens is 1. The number of anilines is 1. The first-order valence-electron chi connectivity index (χ1n) is 7.32. The highest BCUT2D eigenvalue weighted by atomic mass is 35.5. The average Bonchev–Trinajstić information content (AvgIpc) is 2.98. The molecule has 1 aliphatic rings. The summed E-state index contributed by atoms with van der Waals surface area (Å²) in [6.45, 7) is 3.37. The van der Waals surface area contributed by atoms with Crippen molar-refractivity contribution in [2.24, 2.45) is 0 Å². The predicted molar refractivity (Wildman–Crippen MR) is 85.5 cm³/mol. The first kappa shape index (κ1) is 13.7. The Kier molecular flexibility index (Phi) is 4.08. The number of pyridine rings is 1. The van der Waals surface area contributed by atoms with E-state index in [9.17, 15) is 0 Å². The molecule has 106 valence electrons. The molecule has 1 aromatic carbocycles. The van der Waals surface area contributed by atoms with Gasteiger partial charge in [-0.3, -0.25) is 4.98 Å². The molecule has 20 heavy (non-hydrogen) atoms. The second kappa shape index (κ2) is 5.98. The first-order chi connectivity index (χ1) is 9.78. The Labute approximate surface area is 124 Å². The number of hydrogen-bond donors (Lipinski definition) is 2. The van der Waals surface area contributed by atoms with Crippen molar-refractivity contribution >= 4 is 28.2 Å². The zero-order chi connectivity index (χ0) is 13.9. The molecule has 0 radical (unpaired) electrons. The molecule has 0 aliphatic carbocycles. The van der Waals surface area contributed by atoms with E-state index in [1.165, 1.54) is 12.8 Å². The fourth-order valence-corrected chi connectivity index (χ4v) is 3.16. The number of fused-ring (bicyclic) bond motifs is 1. The summed E-state index contributed by atoms with van der Waals surface area (Å²) in [6.07, 6.45) is 5.47. The van der Waals surface area contributed by atoms with Gasteiger partial charge in [0.25, 0.3) is 0 Å². The number of benzene rings is 1. The molecule has 3 rings (SSSR count). The molecule has 2 N–H and O–H groups in total. The van der Waals surface area contributed by atoms with Crippen molar-refractivity contribution in [1.82, 2.24) is 10.3 Å². The van der Waals surface area contributed by atoms with Gasteiger partial charge in [-0.1, -0.05) is 18.5 Å². The van der Waals surface area contributed by atoms with Crippen LogP contribution in [0.25, 0.3) is 10.9 Å². The van der Waals surface area contributed by atoms with Crippen molar-refractivity contribution in [2.75, 3.05) is 11.9 Å². The zero-order valence-corrected chi connectivity index (χ0v) is 12.5. The summed E-state index contributed by atoms with van der Waals surface area (Å²) in [7, 11) is 0. The maximum atomic E-state index is 6.04. The quantitative estimate of drug-likeness (QED) is 0.898. The molecule has 1 aliphatic heterocycles. The van der Waals surface area contributed by atoms with E-state index in [2.05, 4.69) is 22.5 Å². The first-order valence-corrected chi connectivity index (χ1v) is 7.70. The summed E-state index contributed by atoms with van der Waals surface area (Å²) >= 11 is 6.04. The summed E-state index contributed by atoms with van der Waals surface area (Å²) in [5, 5.41) is 9.13. The lowest BCUT2D eigenvalue weighted by molar-refractivity contribution is 0.499. The van der Waals surface area contributed by atoms with Crippen molar-refractivity contribution in [3.05, 3.63) is 35.5 Å². The van der Waals surface area contributed by atoms with Gasteiger partial charge in [-0.05, 0) is 50.1 Å². The number of rotatable bonds is 4. The van der Waals surface area contributed by atoms with Crippen LogP contribution in [0.3, 0.4) is 0 Å². The van der Waals surface area contributed by atoms with Crippen LogP contribution in [-0.4, -0.2) is 23.6 Å². The topological polar surface area (TPSA) is 37.0 Å². The van der Waals surface area contributed by atoms with Crippen LogP contribution in [0, 0.1) is 0 Å². The Balaban J connectivity index is 1.89.